The number of para-hydroxylation sites is 1. The molecule has 0 fully saturated rings. The highest BCUT2D eigenvalue weighted by Crippen LogP contribution is 2.46. The fourth-order valence-electron chi connectivity index (χ4n) is 4.07. The molecule has 0 radical (unpaired) electrons. The number of rotatable bonds is 1. The highest BCUT2D eigenvalue weighted by Gasteiger charge is 2.35. The molecule has 4 heteroatoms. The van der Waals surface area contributed by atoms with E-state index in [1.54, 1.807) is 0 Å². The van der Waals surface area contributed by atoms with Gasteiger partial charge >= 0.3 is 0 Å². The second kappa shape index (κ2) is 4.99. The Morgan fingerprint density at radius 1 is 0.808 bits per heavy atom. The van der Waals surface area contributed by atoms with Gasteiger partial charge in [0, 0.05) is 17.1 Å². The summed E-state index contributed by atoms with van der Waals surface area (Å²) in [6.07, 6.45) is 8.56. The Balaban J connectivity index is 1.65. The lowest BCUT2D eigenvalue weighted by Gasteiger charge is -2.33. The maximum absolute atomic E-state index is 4.88. The van der Waals surface area contributed by atoms with Crippen LogP contribution in [0.25, 0.3) is 16.4 Å². The maximum atomic E-state index is 4.88. The molecule has 0 N–H and O–H groups in total. The molecular formula is C22H16N4. The molecule has 4 aromatic rings. The minimum Gasteiger partial charge on any atom is -0.275 e. The lowest BCUT2D eigenvalue weighted by atomic mass is 10.1. The van der Waals surface area contributed by atoms with Crippen LogP contribution in [-0.2, 0) is 0 Å². The number of nitrogens with zero attached hydrogens (tertiary/aromatic N) is 4. The third-order valence-corrected chi connectivity index (χ3v) is 5.19. The number of allylic oxidation sites excluding steroid dienone is 2. The monoisotopic (exact) mass is 336 g/mol. The summed E-state index contributed by atoms with van der Waals surface area (Å²) in [6.45, 7) is 0. The first-order valence-electron chi connectivity index (χ1n) is 8.81. The van der Waals surface area contributed by atoms with Crippen molar-refractivity contribution in [3.8, 4) is 0 Å². The van der Waals surface area contributed by atoms with E-state index in [9.17, 15) is 0 Å². The molecule has 0 amide bonds. The van der Waals surface area contributed by atoms with Crippen molar-refractivity contribution >= 4 is 27.9 Å². The average molecular weight is 336 g/mol. The molecule has 0 aliphatic carbocycles. The first-order chi connectivity index (χ1) is 12.9. The van der Waals surface area contributed by atoms with E-state index in [1.807, 2.05) is 6.07 Å². The second-order valence-corrected chi connectivity index (χ2v) is 6.62. The number of hydrogen-bond donors (Lipinski definition) is 0. The van der Waals surface area contributed by atoms with Gasteiger partial charge in [0.15, 0.2) is 5.82 Å². The second-order valence-electron chi connectivity index (χ2n) is 6.62. The number of hydrogen-bond acceptors (Lipinski definition) is 3. The van der Waals surface area contributed by atoms with Crippen LogP contribution in [0.1, 0.15) is 11.6 Å². The van der Waals surface area contributed by atoms with Gasteiger partial charge in [-0.3, -0.25) is 5.01 Å². The van der Waals surface area contributed by atoms with E-state index in [-0.39, 0.29) is 6.04 Å². The van der Waals surface area contributed by atoms with Gasteiger partial charge < -0.3 is 0 Å². The topological polar surface area (TPSA) is 23.8 Å². The van der Waals surface area contributed by atoms with Crippen molar-refractivity contribution in [2.45, 2.75) is 6.04 Å². The molecule has 4 heterocycles. The Labute approximate surface area is 150 Å². The lowest BCUT2D eigenvalue weighted by molar-refractivity contribution is 0.353. The third-order valence-electron chi connectivity index (χ3n) is 5.19. The Morgan fingerprint density at radius 3 is 2.69 bits per heavy atom. The van der Waals surface area contributed by atoms with Crippen LogP contribution in [0.3, 0.4) is 0 Å². The molecule has 2 aromatic carbocycles. The van der Waals surface area contributed by atoms with Crippen LogP contribution < -0.4 is 5.01 Å². The molecule has 0 saturated heterocycles. The van der Waals surface area contributed by atoms with Gasteiger partial charge in [0.1, 0.15) is 0 Å². The van der Waals surface area contributed by atoms with Gasteiger partial charge in [0.2, 0.25) is 0 Å². The number of aromatic nitrogens is 2. The Hall–Kier alpha value is -3.53. The summed E-state index contributed by atoms with van der Waals surface area (Å²) in [4.78, 5) is 0. The number of fused-ring (bicyclic) bond motifs is 6. The normalized spacial score (nSPS) is 17.9. The van der Waals surface area contributed by atoms with E-state index in [0.29, 0.717) is 0 Å². The summed E-state index contributed by atoms with van der Waals surface area (Å²) in [5.74, 6) is 1.04. The van der Waals surface area contributed by atoms with Gasteiger partial charge in [0.25, 0.3) is 0 Å². The summed E-state index contributed by atoms with van der Waals surface area (Å²) < 4.78 is 2.05. The van der Waals surface area contributed by atoms with Crippen molar-refractivity contribution in [3.05, 3.63) is 96.7 Å². The van der Waals surface area contributed by atoms with Gasteiger partial charge in [-0.1, -0.05) is 54.6 Å². The van der Waals surface area contributed by atoms with Gasteiger partial charge in [-0.2, -0.15) is 5.10 Å². The zero-order chi connectivity index (χ0) is 17.1. The first-order valence-corrected chi connectivity index (χ1v) is 8.81. The fraction of sp³-hybridized carbons (Fsp3) is 0.0455. The molecule has 2 aliphatic rings. The Bertz CT molecular complexity index is 1220. The highest BCUT2D eigenvalue weighted by atomic mass is 15.7. The van der Waals surface area contributed by atoms with Crippen molar-refractivity contribution in [1.29, 1.82) is 0 Å². The zero-order valence-electron chi connectivity index (χ0n) is 14.0. The van der Waals surface area contributed by atoms with Gasteiger partial charge in [-0.25, -0.2) is 9.52 Å². The predicted molar refractivity (Wildman–Crippen MR) is 104 cm³/mol. The van der Waals surface area contributed by atoms with Crippen molar-refractivity contribution in [1.82, 2.24) is 14.6 Å². The van der Waals surface area contributed by atoms with Crippen molar-refractivity contribution in [3.63, 3.8) is 0 Å². The molecule has 6 rings (SSSR count). The van der Waals surface area contributed by atoms with Crippen LogP contribution in [0.15, 0.2) is 91.2 Å². The van der Waals surface area contributed by atoms with Crippen molar-refractivity contribution in [2.75, 3.05) is 5.01 Å². The molecule has 4 nitrogen and oxygen atoms in total. The summed E-state index contributed by atoms with van der Waals surface area (Å²) in [5.41, 5.74) is 4.64. The van der Waals surface area contributed by atoms with Crippen LogP contribution >= 0.6 is 0 Å². The van der Waals surface area contributed by atoms with Crippen LogP contribution in [0.4, 0.5) is 11.5 Å². The molecule has 0 bridgehead atoms. The minimum absolute atomic E-state index is 0.219. The molecule has 0 saturated carbocycles. The standard InChI is InChI=1S/C22H16N4/c1-3-10-18-16(8-1)20-13-7-14-22(25(20)23-18)26-21-12-4-2-9-17(21)19-11-5-6-15-24(19)26/h1-15,19H. The van der Waals surface area contributed by atoms with Crippen LogP contribution in [0, 0.1) is 0 Å². The van der Waals surface area contributed by atoms with Crippen LogP contribution in [0.2, 0.25) is 0 Å². The molecule has 2 aliphatic heterocycles. The molecule has 26 heavy (non-hydrogen) atoms. The van der Waals surface area contributed by atoms with E-state index >= 15 is 0 Å². The van der Waals surface area contributed by atoms with E-state index in [4.69, 9.17) is 5.10 Å². The predicted octanol–water partition coefficient (Wildman–Crippen LogP) is 4.98. The van der Waals surface area contributed by atoms with Crippen LogP contribution in [0.5, 0.6) is 0 Å². The fourth-order valence-corrected chi connectivity index (χ4v) is 4.07. The lowest BCUT2D eigenvalue weighted by Crippen LogP contribution is -2.33. The summed E-state index contributed by atoms with van der Waals surface area (Å²) in [5, 5.41) is 10.6. The largest absolute Gasteiger partial charge is 0.275 e. The SMILES string of the molecule is C1=CC2c3ccccc3N(c3cccc4c5ccccc5nn34)N2C=C1. The summed E-state index contributed by atoms with van der Waals surface area (Å²) in [6, 6.07) is 23.5. The van der Waals surface area contributed by atoms with Crippen molar-refractivity contribution < 1.29 is 0 Å². The van der Waals surface area contributed by atoms with E-state index < -0.39 is 0 Å². The Morgan fingerprint density at radius 2 is 1.69 bits per heavy atom. The van der Waals surface area contributed by atoms with Gasteiger partial charge in [0.05, 0.1) is 22.8 Å². The molecular weight excluding hydrogens is 320 g/mol. The van der Waals surface area contributed by atoms with Crippen molar-refractivity contribution in [2.24, 2.45) is 0 Å². The van der Waals surface area contributed by atoms with E-state index in [2.05, 4.69) is 99.6 Å². The zero-order valence-corrected chi connectivity index (χ0v) is 14.0. The summed E-state index contributed by atoms with van der Waals surface area (Å²) >= 11 is 0. The minimum atomic E-state index is 0.219. The molecule has 2 aromatic heterocycles. The van der Waals surface area contributed by atoms with Gasteiger partial charge in [-0.15, -0.1) is 0 Å². The molecule has 1 unspecified atom stereocenters. The smallest absolute Gasteiger partial charge is 0.154 e. The maximum Gasteiger partial charge on any atom is 0.154 e. The Kier molecular flexibility index (Phi) is 2.63. The van der Waals surface area contributed by atoms with E-state index in [1.165, 1.54) is 16.6 Å². The third kappa shape index (κ3) is 1.70. The first kappa shape index (κ1) is 13.7. The molecule has 124 valence electrons. The molecule has 1 atom stereocenters. The quantitative estimate of drug-likeness (QED) is 0.490. The molecule has 0 spiro atoms. The summed E-state index contributed by atoms with van der Waals surface area (Å²) in [7, 11) is 0. The average Bonchev–Trinajstić information content (AvgIpc) is 3.24. The number of anilines is 2. The highest BCUT2D eigenvalue weighted by molar-refractivity contribution is 5.95. The van der Waals surface area contributed by atoms with E-state index in [0.717, 1.165) is 16.9 Å². The number of pyridine rings is 1. The van der Waals surface area contributed by atoms with Gasteiger partial charge in [-0.05, 0) is 30.3 Å². The number of benzene rings is 2. The van der Waals surface area contributed by atoms with Crippen LogP contribution in [-0.4, -0.2) is 14.6 Å². The number of hydrazine groups is 1.